The second-order valence-electron chi connectivity index (χ2n) is 12.1. The van der Waals surface area contributed by atoms with E-state index in [1.807, 2.05) is 0 Å². The van der Waals surface area contributed by atoms with Crippen LogP contribution in [0.4, 0.5) is 0 Å². The van der Waals surface area contributed by atoms with Crippen LogP contribution in [0.15, 0.2) is 12.2 Å². The summed E-state index contributed by atoms with van der Waals surface area (Å²) in [6, 6.07) is 0. The van der Waals surface area contributed by atoms with Crippen LogP contribution in [0.25, 0.3) is 0 Å². The van der Waals surface area contributed by atoms with Gasteiger partial charge in [0.25, 0.3) is 0 Å². The molecule has 1 N–H and O–H groups in total. The van der Waals surface area contributed by atoms with E-state index in [9.17, 15) is 5.11 Å². The predicted octanol–water partition coefficient (Wildman–Crippen LogP) is 6.42. The normalized spacial score (nSPS) is 37.7. The molecule has 5 aliphatic rings. The van der Waals surface area contributed by atoms with Crippen LogP contribution in [0, 0.1) is 11.8 Å². The number of aliphatic hydroxyl groups is 1. The van der Waals surface area contributed by atoms with Gasteiger partial charge in [0, 0.05) is 18.0 Å². The molecule has 3 aliphatic heterocycles. The highest BCUT2D eigenvalue weighted by molar-refractivity contribution is 9.09. The van der Waals surface area contributed by atoms with Crippen molar-refractivity contribution in [2.24, 2.45) is 11.8 Å². The topological polar surface area (TPSA) is 66.4 Å². The Kier molecular flexibility index (Phi) is 10.8. The Morgan fingerprint density at radius 2 is 1.68 bits per heavy atom. The molecule has 0 aromatic heterocycles. The van der Waals surface area contributed by atoms with Crippen molar-refractivity contribution in [2.45, 2.75) is 144 Å². The molecular weight excluding hydrogens is 536 g/mol. The molecule has 6 nitrogen and oxygen atoms in total. The molecule has 0 aromatic carbocycles. The van der Waals surface area contributed by atoms with Gasteiger partial charge in [-0.3, -0.25) is 0 Å². The number of hydrogen-bond acceptors (Lipinski definition) is 6. The first-order valence-corrected chi connectivity index (χ1v) is 16.2. The maximum absolute atomic E-state index is 11.2. The molecule has 212 valence electrons. The minimum atomic E-state index is -0.417. The van der Waals surface area contributed by atoms with Crippen molar-refractivity contribution < 1.29 is 28.8 Å². The maximum Gasteiger partial charge on any atom is 0.158 e. The van der Waals surface area contributed by atoms with E-state index < -0.39 is 11.7 Å². The Labute approximate surface area is 232 Å². The molecule has 37 heavy (non-hydrogen) atoms. The van der Waals surface area contributed by atoms with E-state index >= 15 is 0 Å². The summed E-state index contributed by atoms with van der Waals surface area (Å²) >= 11 is 3.96. The maximum atomic E-state index is 11.2. The number of hydrogen-bond donors (Lipinski definition) is 1. The molecule has 7 heteroatoms. The number of allylic oxidation sites excluding steroid dienone is 1. The van der Waals surface area contributed by atoms with E-state index in [0.29, 0.717) is 29.4 Å². The lowest BCUT2D eigenvalue weighted by Crippen LogP contribution is -2.46. The molecule has 4 unspecified atom stereocenters. The van der Waals surface area contributed by atoms with Crippen LogP contribution < -0.4 is 0 Å². The second kappa shape index (κ2) is 14.0. The number of aliphatic hydroxyl groups excluding tert-OH is 1. The average molecular weight is 586 g/mol. The van der Waals surface area contributed by atoms with Crippen molar-refractivity contribution in [2.75, 3.05) is 19.8 Å². The van der Waals surface area contributed by atoms with Gasteiger partial charge in [0.05, 0.1) is 30.5 Å². The predicted molar refractivity (Wildman–Crippen MR) is 147 cm³/mol. The van der Waals surface area contributed by atoms with E-state index in [1.165, 1.54) is 12.8 Å². The van der Waals surface area contributed by atoms with Gasteiger partial charge in [-0.25, -0.2) is 0 Å². The minimum absolute atomic E-state index is 0.0164. The summed E-state index contributed by atoms with van der Waals surface area (Å²) < 4.78 is 30.4. The molecule has 0 amide bonds. The molecule has 3 heterocycles. The zero-order valence-corrected chi connectivity index (χ0v) is 24.2. The third kappa shape index (κ3) is 7.59. The number of halogens is 1. The van der Waals surface area contributed by atoms with Crippen molar-refractivity contribution in [1.29, 1.82) is 0 Å². The number of fused-ring (bicyclic) bond motifs is 1. The van der Waals surface area contributed by atoms with Gasteiger partial charge >= 0.3 is 0 Å². The Balaban J connectivity index is 1.02. The number of ether oxygens (including phenoxy) is 5. The van der Waals surface area contributed by atoms with Crippen LogP contribution in [0.3, 0.4) is 0 Å². The molecule has 3 saturated heterocycles. The highest BCUT2D eigenvalue weighted by Gasteiger charge is 2.46. The zero-order chi connectivity index (χ0) is 25.5. The molecule has 5 fully saturated rings. The molecule has 0 spiro atoms. The fourth-order valence-electron chi connectivity index (χ4n) is 7.34. The Hall–Kier alpha value is -0.0200. The van der Waals surface area contributed by atoms with E-state index in [4.69, 9.17) is 23.7 Å². The van der Waals surface area contributed by atoms with Gasteiger partial charge < -0.3 is 28.8 Å². The molecule has 0 bridgehead atoms. The third-order valence-corrected chi connectivity index (χ3v) is 10.5. The van der Waals surface area contributed by atoms with Crippen LogP contribution in [-0.2, 0) is 23.7 Å². The average Bonchev–Trinajstić information content (AvgIpc) is 3.65. The monoisotopic (exact) mass is 584 g/mol. The Bertz CT molecular complexity index is 700. The lowest BCUT2D eigenvalue weighted by molar-refractivity contribution is -0.249. The second-order valence-corrected chi connectivity index (χ2v) is 13.2. The number of alkyl halides is 1. The van der Waals surface area contributed by atoms with Crippen LogP contribution in [0.1, 0.15) is 103 Å². The Morgan fingerprint density at radius 3 is 2.41 bits per heavy atom. The molecule has 0 aromatic rings. The van der Waals surface area contributed by atoms with Gasteiger partial charge in [0.1, 0.15) is 0 Å². The van der Waals surface area contributed by atoms with E-state index in [1.54, 1.807) is 0 Å². The molecular formula is C30H49BrO6. The van der Waals surface area contributed by atoms with E-state index in [2.05, 4.69) is 28.1 Å². The van der Waals surface area contributed by atoms with Gasteiger partial charge in [-0.05, 0) is 102 Å². The summed E-state index contributed by atoms with van der Waals surface area (Å²) in [5.74, 6) is 1.21. The van der Waals surface area contributed by atoms with Crippen LogP contribution in [0.5, 0.6) is 0 Å². The van der Waals surface area contributed by atoms with Crippen molar-refractivity contribution >= 4 is 15.9 Å². The van der Waals surface area contributed by atoms with Gasteiger partial charge in [0.2, 0.25) is 0 Å². The highest BCUT2D eigenvalue weighted by atomic mass is 79.9. The Morgan fingerprint density at radius 1 is 0.919 bits per heavy atom. The fraction of sp³-hybridized carbons (Fsp3) is 0.933. The zero-order valence-electron chi connectivity index (χ0n) is 22.6. The van der Waals surface area contributed by atoms with Crippen molar-refractivity contribution in [3.05, 3.63) is 12.2 Å². The first kappa shape index (κ1) is 28.5. The van der Waals surface area contributed by atoms with Gasteiger partial charge in [0.15, 0.2) is 12.6 Å². The van der Waals surface area contributed by atoms with E-state index in [-0.39, 0.29) is 18.7 Å². The fourth-order valence-corrected chi connectivity index (χ4v) is 8.00. The van der Waals surface area contributed by atoms with Gasteiger partial charge in [-0.2, -0.15) is 0 Å². The lowest BCUT2D eigenvalue weighted by atomic mass is 9.88. The summed E-state index contributed by atoms with van der Waals surface area (Å²) in [4.78, 5) is 0.337. The molecule has 8 atom stereocenters. The summed E-state index contributed by atoms with van der Waals surface area (Å²) in [5, 5.41) is 11.2. The van der Waals surface area contributed by atoms with Gasteiger partial charge in [-0.1, -0.05) is 40.9 Å². The summed E-state index contributed by atoms with van der Waals surface area (Å²) in [6.45, 7) is 2.26. The van der Waals surface area contributed by atoms with E-state index in [0.717, 1.165) is 103 Å². The van der Waals surface area contributed by atoms with Crippen molar-refractivity contribution in [3.8, 4) is 0 Å². The largest absolute Gasteiger partial charge is 0.390 e. The molecule has 5 rings (SSSR count). The van der Waals surface area contributed by atoms with Crippen LogP contribution in [0.2, 0.25) is 0 Å². The summed E-state index contributed by atoms with van der Waals surface area (Å²) in [5.41, 5.74) is -0.406. The van der Waals surface area contributed by atoms with Crippen LogP contribution >= 0.6 is 15.9 Å². The smallest absolute Gasteiger partial charge is 0.158 e. The molecule has 0 radical (unpaired) electrons. The standard InChI is InChI=1S/C30H49BrO6/c31-24(10-7-11-27(32)30(16-3-4-17-30)37-29-13-2-6-19-35-29)26-21-23-22(14-15-25(23)36-26)9-8-20-34-28-12-1-5-18-33-28/h8-9,22-29,32H,1-7,10-21H2/t22-,23+,24?,25-,26+,27?,28?,29?/m0/s1. The highest BCUT2D eigenvalue weighted by Crippen LogP contribution is 2.46. The quantitative estimate of drug-likeness (QED) is 0.211. The summed E-state index contributed by atoms with van der Waals surface area (Å²) in [6.07, 6.45) is 21.7. The minimum Gasteiger partial charge on any atom is -0.390 e. The molecule has 2 aliphatic carbocycles. The first-order valence-electron chi connectivity index (χ1n) is 15.3. The lowest BCUT2D eigenvalue weighted by Gasteiger charge is -2.39. The molecule has 2 saturated carbocycles. The SMILES string of the molecule is OC(CCCC(Br)[C@H]1C[C@H]2[C@H](CC[C@@H]2C=CCOC2CCCCO2)O1)C1(OC2CCCCO2)CCCC1. The first-order chi connectivity index (χ1) is 18.1. The third-order valence-electron chi connectivity index (χ3n) is 9.49. The van der Waals surface area contributed by atoms with Crippen LogP contribution in [-0.4, -0.2) is 66.2 Å². The van der Waals surface area contributed by atoms with Gasteiger partial charge in [-0.15, -0.1) is 0 Å². The number of rotatable bonds is 12. The van der Waals surface area contributed by atoms with Crippen molar-refractivity contribution in [1.82, 2.24) is 0 Å². The summed E-state index contributed by atoms with van der Waals surface area (Å²) in [7, 11) is 0. The van der Waals surface area contributed by atoms with Crippen molar-refractivity contribution in [3.63, 3.8) is 0 Å².